The van der Waals surface area contributed by atoms with E-state index in [0.717, 1.165) is 40.0 Å². The summed E-state index contributed by atoms with van der Waals surface area (Å²) in [5.74, 6) is -0.234. The molecule has 0 unspecified atom stereocenters. The molecule has 0 aliphatic carbocycles. The lowest BCUT2D eigenvalue weighted by molar-refractivity contribution is 0.103. The number of hydrogen-bond donors (Lipinski definition) is 1. The van der Waals surface area contributed by atoms with Gasteiger partial charge in [0.05, 0.1) is 4.88 Å². The summed E-state index contributed by atoms with van der Waals surface area (Å²) in [7, 11) is 0. The van der Waals surface area contributed by atoms with Crippen molar-refractivity contribution in [1.29, 1.82) is 0 Å². The van der Waals surface area contributed by atoms with Gasteiger partial charge < -0.3 is 5.32 Å². The second-order valence-electron chi connectivity index (χ2n) is 5.40. The minimum Gasteiger partial charge on any atom is -0.321 e. The van der Waals surface area contributed by atoms with Crippen molar-refractivity contribution in [3.8, 4) is 0 Å². The maximum atomic E-state index is 12.6. The molecular formula is C19H17NO2S. The van der Waals surface area contributed by atoms with E-state index in [-0.39, 0.29) is 10.6 Å². The molecule has 1 heterocycles. The molecule has 0 aliphatic rings. The van der Waals surface area contributed by atoms with Gasteiger partial charge in [-0.1, -0.05) is 54.7 Å². The Hall–Kier alpha value is -2.46. The smallest absolute Gasteiger partial charge is 0.265 e. The summed E-state index contributed by atoms with van der Waals surface area (Å²) in [6.07, 6.45) is 0.839. The Bertz CT molecular complexity index is 943. The van der Waals surface area contributed by atoms with Crippen LogP contribution in [0.3, 0.4) is 0 Å². The highest BCUT2D eigenvalue weighted by atomic mass is 32.1. The van der Waals surface area contributed by atoms with E-state index in [1.807, 2.05) is 43.3 Å². The van der Waals surface area contributed by atoms with Crippen molar-refractivity contribution in [3.05, 3.63) is 74.1 Å². The molecule has 3 nitrogen and oxygen atoms in total. The van der Waals surface area contributed by atoms with Crippen LogP contribution in [0, 0.1) is 6.92 Å². The second kappa shape index (κ2) is 6.34. The molecule has 3 rings (SSSR count). The second-order valence-corrected chi connectivity index (χ2v) is 6.42. The van der Waals surface area contributed by atoms with Gasteiger partial charge >= 0.3 is 0 Å². The molecule has 1 N–H and O–H groups in total. The third-order valence-corrected chi connectivity index (χ3v) is 4.80. The average Bonchev–Trinajstić information content (AvgIpc) is 2.56. The van der Waals surface area contributed by atoms with Gasteiger partial charge in [-0.25, -0.2) is 0 Å². The number of hydrogen-bond acceptors (Lipinski definition) is 3. The lowest BCUT2D eigenvalue weighted by Crippen LogP contribution is -2.15. The van der Waals surface area contributed by atoms with Crippen molar-refractivity contribution in [1.82, 2.24) is 0 Å². The SMILES string of the molecule is CCc1cccc(C)c1NC(=O)c1cc2ccccc2c(=O)s1. The summed E-state index contributed by atoms with van der Waals surface area (Å²) < 4.78 is -0.0891. The van der Waals surface area contributed by atoms with Crippen molar-refractivity contribution in [2.24, 2.45) is 0 Å². The molecule has 2 aromatic carbocycles. The van der Waals surface area contributed by atoms with Gasteiger partial charge in [-0.2, -0.15) is 0 Å². The molecule has 3 aromatic rings. The average molecular weight is 323 g/mol. The van der Waals surface area contributed by atoms with Crippen LogP contribution in [0.5, 0.6) is 0 Å². The van der Waals surface area contributed by atoms with Gasteiger partial charge in [0.2, 0.25) is 4.74 Å². The highest BCUT2D eigenvalue weighted by Gasteiger charge is 2.13. The summed E-state index contributed by atoms with van der Waals surface area (Å²) in [6.45, 7) is 4.02. The van der Waals surface area contributed by atoms with Crippen LogP contribution in [-0.2, 0) is 6.42 Å². The molecule has 1 aromatic heterocycles. The first kappa shape index (κ1) is 15.4. The summed E-state index contributed by atoms with van der Waals surface area (Å²) in [6, 6.07) is 15.1. The highest BCUT2D eigenvalue weighted by Crippen LogP contribution is 2.23. The van der Waals surface area contributed by atoms with Crippen LogP contribution >= 0.6 is 11.3 Å². The third kappa shape index (κ3) is 3.03. The predicted molar refractivity (Wildman–Crippen MR) is 96.6 cm³/mol. The maximum absolute atomic E-state index is 12.6. The van der Waals surface area contributed by atoms with Crippen LogP contribution in [-0.4, -0.2) is 5.91 Å². The van der Waals surface area contributed by atoms with E-state index < -0.39 is 0 Å². The minimum absolute atomic E-state index is 0.0891. The van der Waals surface area contributed by atoms with Gasteiger partial charge in [-0.15, -0.1) is 0 Å². The Morgan fingerprint density at radius 3 is 2.70 bits per heavy atom. The van der Waals surface area contributed by atoms with Crippen LogP contribution < -0.4 is 10.1 Å². The van der Waals surface area contributed by atoms with Crippen LogP contribution in [0.1, 0.15) is 27.7 Å². The number of amides is 1. The standard InChI is InChI=1S/C19H17NO2S/c1-3-13-9-6-7-12(2)17(13)20-18(21)16-11-14-8-4-5-10-15(14)19(22)23-16/h4-11H,3H2,1-2H3,(H,20,21). The molecule has 0 aliphatic heterocycles. The first-order valence-electron chi connectivity index (χ1n) is 7.53. The zero-order valence-corrected chi connectivity index (χ0v) is 13.9. The number of carbonyl (C=O) groups excluding carboxylic acids is 1. The van der Waals surface area contributed by atoms with E-state index in [4.69, 9.17) is 0 Å². The number of rotatable bonds is 3. The number of aryl methyl sites for hydroxylation is 2. The maximum Gasteiger partial charge on any atom is 0.265 e. The Labute approximate surface area is 138 Å². The van der Waals surface area contributed by atoms with Crippen molar-refractivity contribution in [2.45, 2.75) is 20.3 Å². The van der Waals surface area contributed by atoms with Gasteiger partial charge in [0, 0.05) is 11.1 Å². The normalized spacial score (nSPS) is 10.7. The molecule has 1 amide bonds. The van der Waals surface area contributed by atoms with Gasteiger partial charge in [0.1, 0.15) is 0 Å². The molecule has 0 saturated carbocycles. The van der Waals surface area contributed by atoms with E-state index in [0.29, 0.717) is 10.3 Å². The van der Waals surface area contributed by atoms with Gasteiger partial charge in [0.15, 0.2) is 0 Å². The van der Waals surface area contributed by atoms with Crippen molar-refractivity contribution in [3.63, 3.8) is 0 Å². The molecule has 0 radical (unpaired) electrons. The number of fused-ring (bicyclic) bond motifs is 1. The topological polar surface area (TPSA) is 46.2 Å². The zero-order chi connectivity index (χ0) is 16.4. The van der Waals surface area contributed by atoms with E-state index >= 15 is 0 Å². The van der Waals surface area contributed by atoms with Crippen molar-refractivity contribution >= 4 is 33.7 Å². The molecular weight excluding hydrogens is 306 g/mol. The molecule has 0 spiro atoms. The van der Waals surface area contributed by atoms with Crippen LogP contribution in [0.15, 0.2) is 53.3 Å². The molecule has 116 valence electrons. The first-order chi connectivity index (χ1) is 11.1. The predicted octanol–water partition coefficient (Wildman–Crippen LogP) is 4.38. The molecule has 0 bridgehead atoms. The molecule has 0 saturated heterocycles. The van der Waals surface area contributed by atoms with Crippen LogP contribution in [0.25, 0.3) is 10.8 Å². The fraction of sp³-hybridized carbons (Fsp3) is 0.158. The lowest BCUT2D eigenvalue weighted by atomic mass is 10.1. The number of carbonyl (C=O) groups is 1. The monoisotopic (exact) mass is 323 g/mol. The fourth-order valence-electron chi connectivity index (χ4n) is 2.62. The van der Waals surface area contributed by atoms with E-state index in [2.05, 4.69) is 12.2 Å². The Morgan fingerprint density at radius 1 is 1.13 bits per heavy atom. The van der Waals surface area contributed by atoms with E-state index in [1.54, 1.807) is 12.1 Å². The van der Waals surface area contributed by atoms with E-state index in [1.165, 1.54) is 0 Å². The Balaban J connectivity index is 2.00. The third-order valence-electron chi connectivity index (χ3n) is 3.87. The summed E-state index contributed by atoms with van der Waals surface area (Å²) in [4.78, 5) is 25.2. The Kier molecular flexibility index (Phi) is 4.26. The van der Waals surface area contributed by atoms with Crippen LogP contribution in [0.4, 0.5) is 5.69 Å². The minimum atomic E-state index is -0.234. The number of nitrogens with one attached hydrogen (secondary N) is 1. The van der Waals surface area contributed by atoms with Gasteiger partial charge in [-0.05, 0) is 42.0 Å². The Morgan fingerprint density at radius 2 is 1.91 bits per heavy atom. The summed E-state index contributed by atoms with van der Waals surface area (Å²) in [5.41, 5.74) is 2.95. The van der Waals surface area contributed by atoms with E-state index in [9.17, 15) is 9.59 Å². The largest absolute Gasteiger partial charge is 0.321 e. The molecule has 23 heavy (non-hydrogen) atoms. The summed E-state index contributed by atoms with van der Waals surface area (Å²) >= 11 is 0.986. The number of para-hydroxylation sites is 1. The van der Waals surface area contributed by atoms with Gasteiger partial charge in [-0.3, -0.25) is 9.59 Å². The van der Waals surface area contributed by atoms with Crippen LogP contribution in [0.2, 0.25) is 0 Å². The fourth-order valence-corrected chi connectivity index (χ4v) is 3.45. The first-order valence-corrected chi connectivity index (χ1v) is 8.34. The highest BCUT2D eigenvalue weighted by molar-refractivity contribution is 7.12. The van der Waals surface area contributed by atoms with Crippen molar-refractivity contribution < 1.29 is 4.79 Å². The summed E-state index contributed by atoms with van der Waals surface area (Å²) in [5, 5.41) is 4.42. The van der Waals surface area contributed by atoms with Gasteiger partial charge in [0.25, 0.3) is 5.91 Å². The number of anilines is 1. The quantitative estimate of drug-likeness (QED) is 0.777. The van der Waals surface area contributed by atoms with Crippen molar-refractivity contribution in [2.75, 3.05) is 5.32 Å². The molecule has 0 atom stereocenters. The zero-order valence-electron chi connectivity index (χ0n) is 13.1. The molecule has 4 heteroatoms. The number of benzene rings is 2. The lowest BCUT2D eigenvalue weighted by Gasteiger charge is -2.12. The molecule has 0 fully saturated rings.